The Kier molecular flexibility index (Phi) is 5.01. The number of hydrazine groups is 1. The first-order chi connectivity index (χ1) is 9.61. The number of anilines is 1. The van der Waals surface area contributed by atoms with Crippen molar-refractivity contribution < 1.29 is 4.79 Å². The van der Waals surface area contributed by atoms with Gasteiger partial charge in [0.15, 0.2) is 0 Å². The lowest BCUT2D eigenvalue weighted by Crippen LogP contribution is -2.33. The highest BCUT2D eigenvalue weighted by Crippen LogP contribution is 2.25. The van der Waals surface area contributed by atoms with Gasteiger partial charge in [0, 0.05) is 13.6 Å². The molecule has 0 atom stereocenters. The van der Waals surface area contributed by atoms with Crippen LogP contribution >= 0.6 is 0 Å². The predicted molar refractivity (Wildman–Crippen MR) is 82.5 cm³/mol. The Balaban J connectivity index is 2.07. The molecule has 0 bridgehead atoms. The van der Waals surface area contributed by atoms with E-state index >= 15 is 0 Å². The Morgan fingerprint density at radius 1 is 1.35 bits per heavy atom. The van der Waals surface area contributed by atoms with E-state index in [1.807, 2.05) is 37.1 Å². The zero-order valence-electron chi connectivity index (χ0n) is 12.5. The van der Waals surface area contributed by atoms with E-state index in [0.717, 1.165) is 12.1 Å². The second kappa shape index (κ2) is 6.75. The van der Waals surface area contributed by atoms with Crippen LogP contribution in [0.4, 0.5) is 5.69 Å². The molecule has 4 nitrogen and oxygen atoms in total. The van der Waals surface area contributed by atoms with Crippen LogP contribution in [0.1, 0.15) is 48.0 Å². The summed E-state index contributed by atoms with van der Waals surface area (Å²) < 4.78 is 0. The van der Waals surface area contributed by atoms with Gasteiger partial charge < -0.3 is 10.3 Å². The largest absolute Gasteiger partial charge is 0.341 e. The number of carbonyl (C=O) groups excluding carboxylic acids is 1. The van der Waals surface area contributed by atoms with Gasteiger partial charge in [-0.05, 0) is 37.8 Å². The summed E-state index contributed by atoms with van der Waals surface area (Å²) in [5.74, 6) is 6.20. The number of hydrogen-bond acceptors (Lipinski definition) is 3. The van der Waals surface area contributed by atoms with Crippen molar-refractivity contribution in [3.63, 3.8) is 0 Å². The number of hydrogen-bond donors (Lipinski definition) is 2. The highest BCUT2D eigenvalue weighted by molar-refractivity contribution is 5.99. The Morgan fingerprint density at radius 2 is 2.05 bits per heavy atom. The molecule has 1 aliphatic rings. The van der Waals surface area contributed by atoms with Crippen LogP contribution in [0.15, 0.2) is 18.2 Å². The first-order valence-electron chi connectivity index (χ1n) is 7.44. The topological polar surface area (TPSA) is 58.4 Å². The zero-order chi connectivity index (χ0) is 14.5. The molecule has 0 saturated heterocycles. The lowest BCUT2D eigenvalue weighted by molar-refractivity contribution is 0.0761. The van der Waals surface area contributed by atoms with Gasteiger partial charge in [-0.1, -0.05) is 30.9 Å². The van der Waals surface area contributed by atoms with Crippen LogP contribution < -0.4 is 11.3 Å². The van der Waals surface area contributed by atoms with E-state index in [4.69, 9.17) is 5.84 Å². The maximum Gasteiger partial charge on any atom is 0.255 e. The zero-order valence-corrected chi connectivity index (χ0v) is 12.5. The molecule has 20 heavy (non-hydrogen) atoms. The van der Waals surface area contributed by atoms with Gasteiger partial charge in [0.1, 0.15) is 0 Å². The average molecular weight is 275 g/mol. The van der Waals surface area contributed by atoms with Crippen LogP contribution in [-0.2, 0) is 0 Å². The van der Waals surface area contributed by atoms with E-state index in [2.05, 4.69) is 5.43 Å². The predicted octanol–water partition coefficient (Wildman–Crippen LogP) is 2.93. The number of nitrogens with zero attached hydrogens (tertiary/aromatic N) is 1. The maximum absolute atomic E-state index is 12.6. The minimum Gasteiger partial charge on any atom is -0.341 e. The van der Waals surface area contributed by atoms with Gasteiger partial charge in [-0.3, -0.25) is 10.6 Å². The van der Waals surface area contributed by atoms with Gasteiger partial charge in [-0.25, -0.2) is 0 Å². The number of benzene rings is 1. The summed E-state index contributed by atoms with van der Waals surface area (Å²) in [5.41, 5.74) is 5.03. The van der Waals surface area contributed by atoms with E-state index in [0.29, 0.717) is 17.2 Å². The second-order valence-electron chi connectivity index (χ2n) is 5.88. The van der Waals surface area contributed by atoms with Crippen LogP contribution in [0, 0.1) is 12.8 Å². The molecule has 0 heterocycles. The Bertz CT molecular complexity index is 467. The minimum absolute atomic E-state index is 0.0484. The quantitative estimate of drug-likeness (QED) is 0.656. The summed E-state index contributed by atoms with van der Waals surface area (Å²) in [5, 5.41) is 0. The first kappa shape index (κ1) is 14.9. The molecule has 1 aromatic rings. The SMILES string of the molecule is Cc1ccc(NN)c(C(=O)N(C)CC2CCCCC2)c1. The molecule has 0 radical (unpaired) electrons. The van der Waals surface area contributed by atoms with E-state index in [-0.39, 0.29) is 5.91 Å². The monoisotopic (exact) mass is 275 g/mol. The highest BCUT2D eigenvalue weighted by Gasteiger charge is 2.20. The van der Waals surface area contributed by atoms with Crippen LogP contribution in [-0.4, -0.2) is 24.4 Å². The van der Waals surface area contributed by atoms with Crippen molar-refractivity contribution >= 4 is 11.6 Å². The second-order valence-corrected chi connectivity index (χ2v) is 5.88. The van der Waals surface area contributed by atoms with Crippen molar-refractivity contribution in [2.24, 2.45) is 11.8 Å². The Labute approximate surface area is 121 Å². The van der Waals surface area contributed by atoms with Gasteiger partial charge in [0.05, 0.1) is 11.3 Å². The van der Waals surface area contributed by atoms with Crippen molar-refractivity contribution in [3.05, 3.63) is 29.3 Å². The molecule has 1 aliphatic carbocycles. The number of nitrogens with one attached hydrogen (secondary N) is 1. The smallest absolute Gasteiger partial charge is 0.255 e. The molecule has 110 valence electrons. The molecule has 2 rings (SSSR count). The van der Waals surface area contributed by atoms with Crippen molar-refractivity contribution in [2.75, 3.05) is 19.0 Å². The van der Waals surface area contributed by atoms with Gasteiger partial charge in [0.2, 0.25) is 0 Å². The number of amides is 1. The third-order valence-electron chi connectivity index (χ3n) is 4.16. The van der Waals surface area contributed by atoms with Crippen molar-refractivity contribution in [1.82, 2.24) is 4.90 Å². The van der Waals surface area contributed by atoms with Crippen molar-refractivity contribution in [3.8, 4) is 0 Å². The number of aryl methyl sites for hydroxylation is 1. The Morgan fingerprint density at radius 3 is 2.70 bits per heavy atom. The van der Waals surface area contributed by atoms with Crippen LogP contribution in [0.5, 0.6) is 0 Å². The lowest BCUT2D eigenvalue weighted by atomic mass is 9.89. The lowest BCUT2D eigenvalue weighted by Gasteiger charge is -2.27. The molecule has 1 aromatic carbocycles. The molecule has 1 amide bonds. The molecule has 3 N–H and O–H groups in total. The molecule has 0 spiro atoms. The van der Waals surface area contributed by atoms with Crippen LogP contribution in [0.25, 0.3) is 0 Å². The van der Waals surface area contributed by atoms with E-state index in [1.54, 1.807) is 0 Å². The van der Waals surface area contributed by atoms with E-state index < -0.39 is 0 Å². The van der Waals surface area contributed by atoms with Crippen molar-refractivity contribution in [1.29, 1.82) is 0 Å². The van der Waals surface area contributed by atoms with Gasteiger partial charge in [-0.2, -0.15) is 0 Å². The number of nitrogen functional groups attached to an aromatic ring is 1. The fraction of sp³-hybridized carbons (Fsp3) is 0.562. The molecule has 0 aliphatic heterocycles. The molecule has 1 saturated carbocycles. The molecule has 0 aromatic heterocycles. The number of rotatable bonds is 4. The maximum atomic E-state index is 12.6. The van der Waals surface area contributed by atoms with Gasteiger partial charge >= 0.3 is 0 Å². The molecule has 1 fully saturated rings. The summed E-state index contributed by atoms with van der Waals surface area (Å²) >= 11 is 0. The third kappa shape index (κ3) is 3.51. The fourth-order valence-corrected chi connectivity index (χ4v) is 3.01. The summed E-state index contributed by atoms with van der Waals surface area (Å²) in [6.45, 7) is 2.83. The minimum atomic E-state index is 0.0484. The normalized spacial score (nSPS) is 15.9. The number of nitrogens with two attached hydrogens (primary N) is 1. The summed E-state index contributed by atoms with van der Waals surface area (Å²) in [6.07, 6.45) is 6.42. The Hall–Kier alpha value is -1.55. The van der Waals surface area contributed by atoms with Gasteiger partial charge in [-0.15, -0.1) is 0 Å². The number of carbonyl (C=O) groups is 1. The van der Waals surface area contributed by atoms with E-state index in [1.165, 1.54) is 32.1 Å². The van der Waals surface area contributed by atoms with Crippen molar-refractivity contribution in [2.45, 2.75) is 39.0 Å². The average Bonchev–Trinajstić information content (AvgIpc) is 2.47. The summed E-state index contributed by atoms with van der Waals surface area (Å²) in [7, 11) is 1.89. The highest BCUT2D eigenvalue weighted by atomic mass is 16.2. The summed E-state index contributed by atoms with van der Waals surface area (Å²) in [4.78, 5) is 14.4. The third-order valence-corrected chi connectivity index (χ3v) is 4.16. The standard InChI is InChI=1S/C16H25N3O/c1-12-8-9-15(18-17)14(10-12)16(20)19(2)11-13-6-4-3-5-7-13/h8-10,13,18H,3-7,11,17H2,1-2H3. The molecule has 4 heteroatoms. The molecule has 0 unspecified atom stereocenters. The molecular weight excluding hydrogens is 250 g/mol. The van der Waals surface area contributed by atoms with Crippen LogP contribution in [0.3, 0.4) is 0 Å². The fourth-order valence-electron chi connectivity index (χ4n) is 3.01. The van der Waals surface area contributed by atoms with Gasteiger partial charge in [0.25, 0.3) is 5.91 Å². The first-order valence-corrected chi connectivity index (χ1v) is 7.44. The summed E-state index contributed by atoms with van der Waals surface area (Å²) in [6, 6.07) is 5.71. The van der Waals surface area contributed by atoms with Crippen LogP contribution in [0.2, 0.25) is 0 Å². The molecular formula is C16H25N3O. The van der Waals surface area contributed by atoms with E-state index in [9.17, 15) is 4.79 Å².